The molecular weight excluding hydrogens is 389 g/mol. The number of hydrogen-bond donors (Lipinski definition) is 2. The van der Waals surface area contributed by atoms with Crippen molar-refractivity contribution in [3.63, 3.8) is 0 Å². The van der Waals surface area contributed by atoms with E-state index in [4.69, 9.17) is 17.5 Å². The zero-order valence-electron chi connectivity index (χ0n) is 6.42. The van der Waals surface area contributed by atoms with Crippen molar-refractivity contribution in [1.82, 2.24) is 0 Å². The summed E-state index contributed by atoms with van der Waals surface area (Å²) in [6, 6.07) is 0. The maximum Gasteiger partial charge on any atom is 0.394 e. The molecule has 0 atom stereocenters. The van der Waals surface area contributed by atoms with Crippen molar-refractivity contribution in [2.24, 2.45) is 0 Å². The molecule has 0 saturated heterocycles. The second kappa shape index (κ2) is 48.9. The van der Waals surface area contributed by atoms with Crippen LogP contribution in [0, 0.1) is 37.7 Å². The van der Waals surface area contributed by atoms with Gasteiger partial charge in [0, 0.05) is 37.7 Å². The number of hydrogen-bond acceptors (Lipinski definition) is 2. The minimum Gasteiger partial charge on any atom is -0.412 e. The average Bonchev–Trinajstić information content (AvgIpc) is 0.722. The molecule has 0 aliphatic carbocycles. The quantitative estimate of drug-likeness (QED) is 0.291. The van der Waals surface area contributed by atoms with Crippen LogP contribution in [0.4, 0.5) is 0 Å². The van der Waals surface area contributed by atoms with E-state index >= 15 is 0 Å². The van der Waals surface area contributed by atoms with Gasteiger partial charge >= 0.3 is 10.4 Å². The van der Waals surface area contributed by atoms with Crippen molar-refractivity contribution in [2.75, 3.05) is 0 Å². The molecule has 0 amide bonds. The normalized spacial score (nSPS) is 4.14. The van der Waals surface area contributed by atoms with Crippen molar-refractivity contribution in [3.05, 3.63) is 0 Å². The molecule has 0 aromatic heterocycles. The second-order valence-corrected chi connectivity index (χ2v) is 1.34. The smallest absolute Gasteiger partial charge is 0.394 e. The van der Waals surface area contributed by atoms with Gasteiger partial charge in [-0.05, 0) is 0 Å². The molecule has 0 saturated carbocycles. The van der Waals surface area contributed by atoms with E-state index in [0.29, 0.717) is 0 Å². The Morgan fingerprint density at radius 1 is 0.571 bits per heavy atom. The van der Waals surface area contributed by atoms with Crippen molar-refractivity contribution in [1.29, 1.82) is 0 Å². The van der Waals surface area contributed by atoms with E-state index in [1.807, 2.05) is 0 Å². The molecule has 14 heavy (non-hydrogen) atoms. The Morgan fingerprint density at radius 3 is 0.571 bits per heavy atom. The Hall–Kier alpha value is 0.810. The molecule has 0 aromatic carbocycles. The monoisotopic (exact) mass is 407 g/mol. The second-order valence-electron chi connectivity index (χ2n) is 0.448. The van der Waals surface area contributed by atoms with Crippen LogP contribution in [0.1, 0.15) is 0 Å². The first-order valence-corrected chi connectivity index (χ1v) is 2.10. The van der Waals surface area contributed by atoms with Crippen LogP contribution in [0.15, 0.2) is 0 Å². The Labute approximate surface area is 109 Å². The van der Waals surface area contributed by atoms with Gasteiger partial charge in [-0.2, -0.15) is 8.42 Å². The minimum absolute atomic E-state index is 0. The van der Waals surface area contributed by atoms with Gasteiger partial charge in [-0.1, -0.05) is 0 Å². The summed E-state index contributed by atoms with van der Waals surface area (Å²) in [5.41, 5.74) is 0. The van der Waals surface area contributed by atoms with E-state index in [1.54, 1.807) is 0 Å². The maximum absolute atomic E-state index is 8.74. The van der Waals surface area contributed by atoms with Gasteiger partial charge < -0.3 is 43.8 Å². The maximum atomic E-state index is 8.74. The fraction of sp³-hybridized carbons (Fsp3) is 0. The van der Waals surface area contributed by atoms with Crippen LogP contribution >= 0.6 is 0 Å². The number of rotatable bonds is 0. The fourth-order valence-corrected chi connectivity index (χ4v) is 0. The van der Waals surface area contributed by atoms with E-state index in [-0.39, 0.29) is 81.5 Å². The van der Waals surface area contributed by atoms with Gasteiger partial charge in [0.15, 0.2) is 0 Å². The molecule has 0 heterocycles. The summed E-state index contributed by atoms with van der Waals surface area (Å²) in [6.45, 7) is 0. The zero-order valence-corrected chi connectivity index (χ0v) is 9.17. The summed E-state index contributed by atoms with van der Waals surface area (Å²) in [5.74, 6) is 0. The predicted molar refractivity (Wildman–Crippen MR) is 43.1 cm³/mol. The summed E-state index contributed by atoms with van der Waals surface area (Å²) >= 11 is 0. The van der Waals surface area contributed by atoms with Crippen LogP contribution in [0.5, 0.6) is 0 Å². The average molecular weight is 407 g/mol. The third-order valence-electron chi connectivity index (χ3n) is 0. The molecule has 0 spiro atoms. The SMILES string of the molecule is O.O.O.O.O.O.O.O.O=S(=O)(O)O.[Ho]. The van der Waals surface area contributed by atoms with Gasteiger partial charge in [0.05, 0.1) is 0 Å². The van der Waals surface area contributed by atoms with Crippen molar-refractivity contribution >= 4 is 10.4 Å². The first-order valence-electron chi connectivity index (χ1n) is 0.698. The van der Waals surface area contributed by atoms with Gasteiger partial charge in [0.2, 0.25) is 0 Å². The summed E-state index contributed by atoms with van der Waals surface area (Å²) in [6.07, 6.45) is 0. The standard InChI is InChI=1S/Ho.H2O4S.8H2O/c;1-5(2,3)4;;;;;;;;/h;(H2,1,2,3,4);8*1H2. The van der Waals surface area contributed by atoms with E-state index in [9.17, 15) is 0 Å². The molecule has 14 heteroatoms. The Bertz CT molecular complexity index is 93.5. The molecule has 1 radical (unpaired) electrons. The van der Waals surface area contributed by atoms with Gasteiger partial charge in [-0.25, -0.2) is 0 Å². The predicted octanol–water partition coefficient (Wildman–Crippen LogP) is -7.25. The molecular formula is H18HoO12S. The van der Waals surface area contributed by atoms with Gasteiger partial charge in [-0.3, -0.25) is 9.11 Å². The van der Waals surface area contributed by atoms with Crippen LogP contribution in [-0.2, 0) is 10.4 Å². The van der Waals surface area contributed by atoms with Gasteiger partial charge in [-0.15, -0.1) is 0 Å². The third kappa shape index (κ3) is 2720. The Kier molecular flexibility index (Phi) is 426. The summed E-state index contributed by atoms with van der Waals surface area (Å²) in [5, 5.41) is 0. The van der Waals surface area contributed by atoms with Crippen molar-refractivity contribution in [2.45, 2.75) is 0 Å². The molecule has 0 aromatic rings. The largest absolute Gasteiger partial charge is 0.412 e. The van der Waals surface area contributed by atoms with Crippen LogP contribution < -0.4 is 0 Å². The van der Waals surface area contributed by atoms with Gasteiger partial charge in [0.25, 0.3) is 0 Å². The van der Waals surface area contributed by atoms with Gasteiger partial charge in [0.1, 0.15) is 0 Å². The van der Waals surface area contributed by atoms with Crippen LogP contribution in [0.2, 0.25) is 0 Å². The van der Waals surface area contributed by atoms with E-state index in [1.165, 1.54) is 0 Å². The summed E-state index contributed by atoms with van der Waals surface area (Å²) in [7, 11) is -4.67. The molecule has 12 nitrogen and oxygen atoms in total. The van der Waals surface area contributed by atoms with Crippen molar-refractivity contribution in [3.8, 4) is 0 Å². The van der Waals surface area contributed by atoms with E-state index in [2.05, 4.69) is 0 Å². The molecule has 0 unspecified atom stereocenters. The Balaban J connectivity index is -0.00000000222. The first-order chi connectivity index (χ1) is 2.00. The fourth-order valence-electron chi connectivity index (χ4n) is 0. The van der Waals surface area contributed by atoms with E-state index < -0.39 is 10.4 Å². The summed E-state index contributed by atoms with van der Waals surface area (Å²) in [4.78, 5) is 0. The molecule has 107 valence electrons. The molecule has 0 rings (SSSR count). The summed E-state index contributed by atoms with van der Waals surface area (Å²) < 4.78 is 31.6. The molecule has 0 bridgehead atoms. The molecule has 0 aliphatic heterocycles. The molecule has 0 aliphatic rings. The molecule has 18 N–H and O–H groups in total. The zero-order chi connectivity index (χ0) is 4.50. The Morgan fingerprint density at radius 2 is 0.571 bits per heavy atom. The van der Waals surface area contributed by atoms with Crippen LogP contribution in [0.25, 0.3) is 0 Å². The third-order valence-corrected chi connectivity index (χ3v) is 0. The van der Waals surface area contributed by atoms with Crippen LogP contribution in [0.3, 0.4) is 0 Å². The van der Waals surface area contributed by atoms with Crippen LogP contribution in [-0.4, -0.2) is 61.3 Å². The first kappa shape index (κ1) is 122. The van der Waals surface area contributed by atoms with Crippen molar-refractivity contribution < 1.29 is 99.1 Å². The van der Waals surface area contributed by atoms with E-state index in [0.717, 1.165) is 0 Å². The molecule has 0 fully saturated rings. The minimum atomic E-state index is -4.67. The topological polar surface area (TPSA) is 327 Å².